The maximum absolute atomic E-state index is 11.9. The zero-order valence-corrected chi connectivity index (χ0v) is 15.1. The van der Waals surface area contributed by atoms with Crippen LogP contribution in [0.3, 0.4) is 0 Å². The third-order valence-electron chi connectivity index (χ3n) is 3.31. The van der Waals surface area contributed by atoms with Crippen LogP contribution < -0.4 is 10.7 Å². The summed E-state index contributed by atoms with van der Waals surface area (Å²) >= 11 is 0. The van der Waals surface area contributed by atoms with Crippen molar-refractivity contribution >= 4 is 29.2 Å². The average molecular weight is 347 g/mol. The molecule has 0 unspecified atom stereocenters. The molecule has 0 fully saturated rings. The number of carbonyl (C=O) groups excluding carboxylic acids is 3. The molecule has 0 heterocycles. The van der Waals surface area contributed by atoms with Gasteiger partial charge in [-0.15, -0.1) is 0 Å². The summed E-state index contributed by atoms with van der Waals surface area (Å²) in [4.78, 5) is 34.9. The minimum absolute atomic E-state index is 0.00687. The zero-order valence-electron chi connectivity index (χ0n) is 15.1. The first-order valence-corrected chi connectivity index (χ1v) is 8.16. The van der Waals surface area contributed by atoms with Crippen LogP contribution >= 0.6 is 0 Å². The van der Waals surface area contributed by atoms with Crippen molar-refractivity contribution in [1.82, 2.24) is 5.43 Å². The van der Waals surface area contributed by atoms with E-state index in [1.165, 1.54) is 0 Å². The van der Waals surface area contributed by atoms with Gasteiger partial charge in [0, 0.05) is 24.2 Å². The number of hydrogen-bond donors (Lipinski definition) is 2. The molecule has 0 radical (unpaired) electrons. The second-order valence-electron chi connectivity index (χ2n) is 5.73. The van der Waals surface area contributed by atoms with E-state index in [1.807, 2.05) is 32.0 Å². The molecule has 0 aliphatic rings. The van der Waals surface area contributed by atoms with Crippen LogP contribution in [0.4, 0.5) is 5.69 Å². The molecule has 0 aliphatic carbocycles. The van der Waals surface area contributed by atoms with Crippen molar-refractivity contribution in [1.29, 1.82) is 0 Å². The first-order chi connectivity index (χ1) is 11.8. The van der Waals surface area contributed by atoms with E-state index in [4.69, 9.17) is 4.74 Å². The van der Waals surface area contributed by atoms with E-state index >= 15 is 0 Å². The molecule has 7 heteroatoms. The lowest BCUT2D eigenvalue weighted by atomic mass is 10.1. The Kier molecular flexibility index (Phi) is 8.32. The highest BCUT2D eigenvalue weighted by atomic mass is 16.5. The van der Waals surface area contributed by atoms with Gasteiger partial charge in [-0.2, -0.15) is 5.10 Å². The van der Waals surface area contributed by atoms with Crippen molar-refractivity contribution in [2.75, 3.05) is 11.9 Å². The molecule has 0 aliphatic heterocycles. The maximum Gasteiger partial charge on any atom is 0.311 e. The summed E-state index contributed by atoms with van der Waals surface area (Å²) < 4.78 is 4.79. The van der Waals surface area contributed by atoms with Gasteiger partial charge in [-0.25, -0.2) is 5.43 Å². The average Bonchev–Trinajstić information content (AvgIpc) is 2.54. The fourth-order valence-electron chi connectivity index (χ4n) is 2.07. The van der Waals surface area contributed by atoms with E-state index in [9.17, 15) is 14.4 Å². The SMILES string of the molecule is CCOC(=O)CC(C)=NNC(=O)CCC(=O)Nc1ccc(C)cc1C. The van der Waals surface area contributed by atoms with Crippen molar-refractivity contribution in [2.45, 2.75) is 47.0 Å². The van der Waals surface area contributed by atoms with Crippen LogP contribution in [0.2, 0.25) is 0 Å². The van der Waals surface area contributed by atoms with E-state index < -0.39 is 5.97 Å². The van der Waals surface area contributed by atoms with Crippen LogP contribution in [0, 0.1) is 13.8 Å². The molecule has 1 aromatic carbocycles. The maximum atomic E-state index is 11.9. The highest BCUT2D eigenvalue weighted by Crippen LogP contribution is 2.16. The highest BCUT2D eigenvalue weighted by Gasteiger charge is 2.09. The van der Waals surface area contributed by atoms with Gasteiger partial charge < -0.3 is 10.1 Å². The van der Waals surface area contributed by atoms with Crippen LogP contribution in [-0.4, -0.2) is 30.1 Å². The van der Waals surface area contributed by atoms with Crippen molar-refractivity contribution in [3.63, 3.8) is 0 Å². The minimum atomic E-state index is -0.397. The minimum Gasteiger partial charge on any atom is -0.466 e. The van der Waals surface area contributed by atoms with E-state index in [2.05, 4.69) is 15.8 Å². The second-order valence-corrected chi connectivity index (χ2v) is 5.73. The standard InChI is InChI=1S/C18H25N3O4/c1-5-25-18(24)11-14(4)20-21-17(23)9-8-16(22)19-15-7-6-12(2)10-13(15)3/h6-7,10H,5,8-9,11H2,1-4H3,(H,19,22)(H,21,23). The first-order valence-electron chi connectivity index (χ1n) is 8.16. The van der Waals surface area contributed by atoms with Gasteiger partial charge >= 0.3 is 5.97 Å². The van der Waals surface area contributed by atoms with Gasteiger partial charge in [-0.3, -0.25) is 14.4 Å². The molecule has 2 N–H and O–H groups in total. The summed E-state index contributed by atoms with van der Waals surface area (Å²) in [6, 6.07) is 5.73. The van der Waals surface area contributed by atoms with Crippen molar-refractivity contribution in [3.05, 3.63) is 29.3 Å². The van der Waals surface area contributed by atoms with Gasteiger partial charge in [0.2, 0.25) is 11.8 Å². The quantitative estimate of drug-likeness (QED) is 0.429. The molecule has 1 aromatic rings. The predicted molar refractivity (Wildman–Crippen MR) is 96.3 cm³/mol. The van der Waals surface area contributed by atoms with Crippen LogP contribution in [0.5, 0.6) is 0 Å². The number of hydrazone groups is 1. The van der Waals surface area contributed by atoms with Gasteiger partial charge in [-0.05, 0) is 39.3 Å². The number of aryl methyl sites for hydroxylation is 2. The molecule has 2 amide bonds. The molecule has 0 spiro atoms. The van der Waals surface area contributed by atoms with Crippen LogP contribution in [0.15, 0.2) is 23.3 Å². The number of anilines is 1. The highest BCUT2D eigenvalue weighted by molar-refractivity contribution is 5.98. The molecule has 0 atom stereocenters. The Morgan fingerprint density at radius 1 is 1.12 bits per heavy atom. The molecule has 0 bridgehead atoms. The lowest BCUT2D eigenvalue weighted by Crippen LogP contribution is -2.22. The normalized spacial score (nSPS) is 11.0. The number of benzene rings is 1. The summed E-state index contributed by atoms with van der Waals surface area (Å²) in [5, 5.41) is 6.60. The molecule has 1 rings (SSSR count). The molecular weight excluding hydrogens is 322 g/mol. The van der Waals surface area contributed by atoms with Crippen molar-refractivity contribution in [3.8, 4) is 0 Å². The summed E-state index contributed by atoms with van der Waals surface area (Å²) in [7, 11) is 0. The third-order valence-corrected chi connectivity index (χ3v) is 3.31. The van der Waals surface area contributed by atoms with Gasteiger partial charge in [-0.1, -0.05) is 17.7 Å². The number of ether oxygens (including phenoxy) is 1. The largest absolute Gasteiger partial charge is 0.466 e. The summed E-state index contributed by atoms with van der Waals surface area (Å²) in [5.74, 6) is -1.03. The molecule has 7 nitrogen and oxygen atoms in total. The summed E-state index contributed by atoms with van der Waals surface area (Å²) in [6.45, 7) is 7.52. The smallest absolute Gasteiger partial charge is 0.311 e. The van der Waals surface area contributed by atoms with E-state index in [1.54, 1.807) is 13.8 Å². The number of amides is 2. The second kappa shape index (κ2) is 10.2. The van der Waals surface area contributed by atoms with E-state index in [0.717, 1.165) is 16.8 Å². The van der Waals surface area contributed by atoms with Gasteiger partial charge in [0.1, 0.15) is 0 Å². The van der Waals surface area contributed by atoms with Gasteiger partial charge in [0.25, 0.3) is 0 Å². The van der Waals surface area contributed by atoms with Crippen LogP contribution in [0.1, 0.15) is 44.2 Å². The Hall–Kier alpha value is -2.70. The van der Waals surface area contributed by atoms with Crippen LogP contribution in [-0.2, 0) is 19.1 Å². The van der Waals surface area contributed by atoms with Crippen molar-refractivity contribution in [2.24, 2.45) is 5.10 Å². The molecular formula is C18H25N3O4. The fraction of sp³-hybridized carbons (Fsp3) is 0.444. The molecule has 0 saturated heterocycles. The summed E-state index contributed by atoms with van der Waals surface area (Å²) in [5.41, 5.74) is 5.59. The van der Waals surface area contributed by atoms with Gasteiger partial charge in [0.15, 0.2) is 0 Å². The number of hydrogen-bond acceptors (Lipinski definition) is 5. The number of rotatable bonds is 8. The summed E-state index contributed by atoms with van der Waals surface area (Å²) in [6.07, 6.45) is 0.0693. The Morgan fingerprint density at radius 3 is 2.44 bits per heavy atom. The van der Waals surface area contributed by atoms with Crippen molar-refractivity contribution < 1.29 is 19.1 Å². The predicted octanol–water partition coefficient (Wildman–Crippen LogP) is 2.47. The number of esters is 1. The fourth-order valence-corrected chi connectivity index (χ4v) is 2.07. The van der Waals surface area contributed by atoms with Gasteiger partial charge in [0.05, 0.1) is 13.0 Å². The third kappa shape index (κ3) is 8.10. The van der Waals surface area contributed by atoms with Crippen LogP contribution in [0.25, 0.3) is 0 Å². The topological polar surface area (TPSA) is 96.9 Å². The Labute approximate surface area is 147 Å². The Morgan fingerprint density at radius 2 is 1.80 bits per heavy atom. The van der Waals surface area contributed by atoms with E-state index in [0.29, 0.717) is 12.3 Å². The first kappa shape index (κ1) is 20.3. The molecule has 136 valence electrons. The number of nitrogens with one attached hydrogen (secondary N) is 2. The molecule has 0 saturated carbocycles. The molecule has 25 heavy (non-hydrogen) atoms. The van der Waals surface area contributed by atoms with E-state index in [-0.39, 0.29) is 31.1 Å². The zero-order chi connectivity index (χ0) is 18.8. The monoisotopic (exact) mass is 347 g/mol. The lowest BCUT2D eigenvalue weighted by Gasteiger charge is -2.09. The molecule has 0 aromatic heterocycles. The number of nitrogens with zero attached hydrogens (tertiary/aromatic N) is 1. The Balaban J connectivity index is 2.38. The number of carbonyl (C=O) groups is 3. The lowest BCUT2D eigenvalue weighted by molar-refractivity contribution is -0.141. The Bertz CT molecular complexity index is 668.